The SMILES string of the molecule is CCOC(OCC)[Si]CCCN1C(=O)c2ccccc2C1=O. The Kier molecular flexibility index (Phi) is 6.30. The number of imide groups is 1. The van der Waals surface area contributed by atoms with Crippen LogP contribution >= 0.6 is 0 Å². The van der Waals surface area contributed by atoms with Crippen molar-refractivity contribution in [1.29, 1.82) is 0 Å². The zero-order chi connectivity index (χ0) is 15.9. The molecule has 2 radical (unpaired) electrons. The number of nitrogens with zero attached hydrogens (tertiary/aromatic N) is 1. The molecule has 1 aliphatic rings. The number of rotatable bonds is 9. The number of hydrogen-bond donors (Lipinski definition) is 0. The van der Waals surface area contributed by atoms with E-state index in [0.29, 0.717) is 40.4 Å². The maximum Gasteiger partial charge on any atom is 0.261 e. The van der Waals surface area contributed by atoms with Gasteiger partial charge in [-0.3, -0.25) is 14.5 Å². The first-order chi connectivity index (χ1) is 10.7. The van der Waals surface area contributed by atoms with Gasteiger partial charge in [0.15, 0.2) is 0 Å². The molecule has 1 aromatic rings. The van der Waals surface area contributed by atoms with E-state index in [-0.39, 0.29) is 17.7 Å². The summed E-state index contributed by atoms with van der Waals surface area (Å²) in [4.78, 5) is 25.7. The molecule has 0 bridgehead atoms. The molecule has 0 aliphatic carbocycles. The monoisotopic (exact) mass is 319 g/mol. The van der Waals surface area contributed by atoms with Crippen LogP contribution in [-0.4, -0.2) is 51.9 Å². The molecule has 0 N–H and O–H groups in total. The van der Waals surface area contributed by atoms with Crippen LogP contribution in [0.3, 0.4) is 0 Å². The third-order valence-electron chi connectivity index (χ3n) is 3.38. The summed E-state index contributed by atoms with van der Waals surface area (Å²) in [5, 5.41) is 0. The molecule has 2 rings (SSSR count). The summed E-state index contributed by atoms with van der Waals surface area (Å²) in [6, 6.07) is 7.85. The molecule has 0 fully saturated rings. The first-order valence-corrected chi connectivity index (χ1v) is 8.89. The first kappa shape index (κ1) is 16.9. The molecule has 0 unspecified atom stereocenters. The van der Waals surface area contributed by atoms with Gasteiger partial charge in [-0.05, 0) is 32.4 Å². The van der Waals surface area contributed by atoms with E-state index in [0.717, 1.165) is 12.5 Å². The number of benzene rings is 1. The number of ether oxygens (including phenoxy) is 2. The number of carbonyl (C=O) groups is 2. The molecule has 0 spiro atoms. The van der Waals surface area contributed by atoms with Crippen molar-refractivity contribution < 1.29 is 19.1 Å². The average molecular weight is 319 g/mol. The Labute approximate surface area is 133 Å². The molecule has 22 heavy (non-hydrogen) atoms. The van der Waals surface area contributed by atoms with Crippen molar-refractivity contribution in [1.82, 2.24) is 4.90 Å². The van der Waals surface area contributed by atoms with Crippen molar-refractivity contribution in [2.45, 2.75) is 32.2 Å². The van der Waals surface area contributed by atoms with Crippen LogP contribution in [0.5, 0.6) is 0 Å². The highest BCUT2D eigenvalue weighted by atomic mass is 28.2. The van der Waals surface area contributed by atoms with E-state index >= 15 is 0 Å². The van der Waals surface area contributed by atoms with Crippen LogP contribution in [-0.2, 0) is 9.47 Å². The van der Waals surface area contributed by atoms with Gasteiger partial charge in [-0.1, -0.05) is 18.2 Å². The Hall–Kier alpha value is -1.50. The summed E-state index contributed by atoms with van der Waals surface area (Å²) in [5.41, 5.74) is 1.02. The van der Waals surface area contributed by atoms with Crippen molar-refractivity contribution in [3.8, 4) is 0 Å². The summed E-state index contributed by atoms with van der Waals surface area (Å²) in [7, 11) is 0.509. The van der Waals surface area contributed by atoms with Crippen LogP contribution in [0.1, 0.15) is 41.0 Å². The largest absolute Gasteiger partial charge is 0.357 e. The van der Waals surface area contributed by atoms with Gasteiger partial charge >= 0.3 is 0 Å². The van der Waals surface area contributed by atoms with Crippen molar-refractivity contribution >= 4 is 21.3 Å². The number of fused-ring (bicyclic) bond motifs is 1. The molecule has 0 saturated heterocycles. The Morgan fingerprint density at radius 2 is 1.59 bits per heavy atom. The fourth-order valence-electron chi connectivity index (χ4n) is 2.37. The summed E-state index contributed by atoms with van der Waals surface area (Å²) < 4.78 is 11.0. The second-order valence-corrected chi connectivity index (χ2v) is 6.24. The highest BCUT2D eigenvalue weighted by molar-refractivity contribution is 6.36. The van der Waals surface area contributed by atoms with Gasteiger partial charge in [-0.2, -0.15) is 0 Å². The average Bonchev–Trinajstić information content (AvgIpc) is 2.77. The minimum absolute atomic E-state index is 0.169. The quantitative estimate of drug-likeness (QED) is 0.303. The maximum absolute atomic E-state index is 12.2. The van der Waals surface area contributed by atoms with Crippen molar-refractivity contribution in [3.05, 3.63) is 35.4 Å². The van der Waals surface area contributed by atoms with Crippen LogP contribution in [0.25, 0.3) is 0 Å². The van der Waals surface area contributed by atoms with Gasteiger partial charge < -0.3 is 9.47 Å². The Balaban J connectivity index is 1.81. The molecule has 118 valence electrons. The third-order valence-corrected chi connectivity index (χ3v) is 4.69. The molecule has 5 nitrogen and oxygen atoms in total. The Morgan fingerprint density at radius 3 is 2.09 bits per heavy atom. The van der Waals surface area contributed by atoms with E-state index in [4.69, 9.17) is 9.47 Å². The molecule has 0 aromatic heterocycles. The summed E-state index contributed by atoms with van der Waals surface area (Å²) in [5.74, 6) is -0.539. The molecular weight excluding hydrogens is 298 g/mol. The summed E-state index contributed by atoms with van der Waals surface area (Å²) >= 11 is 0. The van der Waals surface area contributed by atoms with Crippen molar-refractivity contribution in [2.24, 2.45) is 0 Å². The molecule has 0 atom stereocenters. The highest BCUT2D eigenvalue weighted by Crippen LogP contribution is 2.22. The Bertz CT molecular complexity index is 494. The fourth-order valence-corrected chi connectivity index (χ4v) is 3.53. The second kappa shape index (κ2) is 8.21. The lowest BCUT2D eigenvalue weighted by Gasteiger charge is -2.17. The topological polar surface area (TPSA) is 55.8 Å². The lowest BCUT2D eigenvalue weighted by Crippen LogP contribution is -2.31. The molecule has 2 amide bonds. The zero-order valence-corrected chi connectivity index (χ0v) is 14.0. The number of hydrogen-bond acceptors (Lipinski definition) is 4. The molecule has 6 heteroatoms. The van der Waals surface area contributed by atoms with Crippen molar-refractivity contribution in [2.75, 3.05) is 19.8 Å². The normalized spacial score (nSPS) is 14.0. The maximum atomic E-state index is 12.2. The van der Waals surface area contributed by atoms with Gasteiger partial charge in [0.05, 0.1) is 11.1 Å². The lowest BCUT2D eigenvalue weighted by atomic mass is 10.1. The van der Waals surface area contributed by atoms with Crippen LogP contribution < -0.4 is 0 Å². The molecule has 1 heterocycles. The molecule has 0 saturated carbocycles. The smallest absolute Gasteiger partial charge is 0.261 e. The van der Waals surface area contributed by atoms with Crippen LogP contribution in [0, 0.1) is 0 Å². The second-order valence-electron chi connectivity index (χ2n) is 4.86. The van der Waals surface area contributed by atoms with Gasteiger partial charge in [0.25, 0.3) is 11.8 Å². The predicted octanol–water partition coefficient (Wildman–Crippen LogP) is 2.15. The number of carbonyl (C=O) groups excluding carboxylic acids is 2. The van der Waals surface area contributed by atoms with E-state index in [9.17, 15) is 9.59 Å². The summed E-state index contributed by atoms with van der Waals surface area (Å²) in [6.45, 7) is 5.57. The fraction of sp³-hybridized carbons (Fsp3) is 0.500. The van der Waals surface area contributed by atoms with E-state index in [1.165, 1.54) is 4.90 Å². The van der Waals surface area contributed by atoms with Gasteiger partial charge in [-0.15, -0.1) is 0 Å². The molecule has 1 aliphatic heterocycles. The van der Waals surface area contributed by atoms with Crippen LogP contribution in [0.2, 0.25) is 6.04 Å². The van der Waals surface area contributed by atoms with Gasteiger partial charge in [0.1, 0.15) is 15.4 Å². The predicted molar refractivity (Wildman–Crippen MR) is 84.0 cm³/mol. The van der Waals surface area contributed by atoms with E-state index < -0.39 is 0 Å². The van der Waals surface area contributed by atoms with Crippen LogP contribution in [0.4, 0.5) is 0 Å². The standard InChI is InChI=1S/C16H21NO4Si/c1-3-20-16(21-4-2)22-11-7-10-17-14(18)12-8-5-6-9-13(12)15(17)19/h5-6,8-9,16H,3-4,7,10-11H2,1-2H3. The summed E-state index contributed by atoms with van der Waals surface area (Å²) in [6.07, 6.45) is 0.764. The minimum Gasteiger partial charge on any atom is -0.357 e. The van der Waals surface area contributed by atoms with E-state index in [1.54, 1.807) is 24.3 Å². The van der Waals surface area contributed by atoms with E-state index in [1.807, 2.05) is 13.8 Å². The van der Waals surface area contributed by atoms with Gasteiger partial charge in [-0.25, -0.2) is 0 Å². The first-order valence-electron chi connectivity index (χ1n) is 7.60. The van der Waals surface area contributed by atoms with Crippen LogP contribution in [0.15, 0.2) is 24.3 Å². The highest BCUT2D eigenvalue weighted by Gasteiger charge is 2.34. The van der Waals surface area contributed by atoms with Gasteiger partial charge in [0, 0.05) is 19.8 Å². The minimum atomic E-state index is -0.185. The zero-order valence-electron chi connectivity index (χ0n) is 13.0. The number of amides is 2. The third kappa shape index (κ3) is 3.82. The Morgan fingerprint density at radius 1 is 1.05 bits per heavy atom. The molecule has 1 aromatic carbocycles. The molecular formula is C16H21NO4Si. The van der Waals surface area contributed by atoms with E-state index in [2.05, 4.69) is 0 Å². The lowest BCUT2D eigenvalue weighted by molar-refractivity contribution is -0.0827. The van der Waals surface area contributed by atoms with Crippen molar-refractivity contribution in [3.63, 3.8) is 0 Å². The van der Waals surface area contributed by atoms with Gasteiger partial charge in [0.2, 0.25) is 0 Å².